The third kappa shape index (κ3) is 4.67. The Labute approximate surface area is 150 Å². The molecule has 1 aliphatic rings. The fourth-order valence-corrected chi connectivity index (χ4v) is 3.39. The van der Waals surface area contributed by atoms with E-state index >= 15 is 0 Å². The molecule has 2 N–H and O–H groups in total. The van der Waals surface area contributed by atoms with Gasteiger partial charge in [0.25, 0.3) is 5.56 Å². The highest BCUT2D eigenvalue weighted by molar-refractivity contribution is 7.09. The summed E-state index contributed by atoms with van der Waals surface area (Å²) in [5.74, 6) is 0.515. The van der Waals surface area contributed by atoms with Crippen LogP contribution in [0.25, 0.3) is 0 Å². The minimum atomic E-state index is -0.167. The first-order valence-corrected chi connectivity index (χ1v) is 9.23. The molecule has 1 saturated heterocycles. The average Bonchev–Trinajstić information content (AvgIpc) is 3.13. The van der Waals surface area contributed by atoms with Crippen LogP contribution in [0.1, 0.15) is 22.6 Å². The van der Waals surface area contributed by atoms with Crippen molar-refractivity contribution in [2.75, 3.05) is 31.2 Å². The number of aryl methyl sites for hydroxylation is 1. The number of carbonyl (C=O) groups excluding carboxylic acids is 1. The first-order chi connectivity index (χ1) is 12.1. The van der Waals surface area contributed by atoms with E-state index < -0.39 is 0 Å². The van der Waals surface area contributed by atoms with Gasteiger partial charge in [-0.15, -0.1) is 11.3 Å². The van der Waals surface area contributed by atoms with Crippen molar-refractivity contribution in [1.29, 1.82) is 0 Å². The van der Waals surface area contributed by atoms with E-state index in [4.69, 9.17) is 4.74 Å². The molecule has 2 aromatic heterocycles. The molecule has 2 aromatic rings. The molecule has 0 aromatic carbocycles. The maximum absolute atomic E-state index is 12.4. The number of morpholine rings is 1. The van der Waals surface area contributed by atoms with Gasteiger partial charge in [0, 0.05) is 35.6 Å². The van der Waals surface area contributed by atoms with Crippen LogP contribution in [-0.2, 0) is 22.5 Å². The molecule has 8 heteroatoms. The number of hydrogen-bond donors (Lipinski definition) is 2. The Morgan fingerprint density at radius 2 is 2.24 bits per heavy atom. The number of anilines is 1. The van der Waals surface area contributed by atoms with Crippen LogP contribution in [0.3, 0.4) is 0 Å². The van der Waals surface area contributed by atoms with Gasteiger partial charge in [0.05, 0.1) is 19.8 Å². The number of nitrogens with zero attached hydrogens (tertiary/aromatic N) is 2. The number of thiophene rings is 1. The minimum absolute atomic E-state index is 0.0653. The molecule has 3 heterocycles. The van der Waals surface area contributed by atoms with Gasteiger partial charge in [-0.3, -0.25) is 14.6 Å². The van der Waals surface area contributed by atoms with Crippen LogP contribution >= 0.6 is 11.3 Å². The first-order valence-electron chi connectivity index (χ1n) is 8.35. The van der Waals surface area contributed by atoms with Crippen molar-refractivity contribution >= 4 is 23.2 Å². The number of H-pyrrole nitrogens is 1. The molecule has 7 nitrogen and oxygen atoms in total. The molecular formula is C17H22N4O3S. The van der Waals surface area contributed by atoms with E-state index in [-0.39, 0.29) is 17.9 Å². The lowest BCUT2D eigenvalue weighted by Crippen LogP contribution is -2.38. The number of carbonyl (C=O) groups is 1. The number of hydrogen-bond acceptors (Lipinski definition) is 6. The van der Waals surface area contributed by atoms with E-state index in [1.54, 1.807) is 11.3 Å². The predicted molar refractivity (Wildman–Crippen MR) is 97.1 cm³/mol. The third-order valence-corrected chi connectivity index (χ3v) is 5.04. The average molecular weight is 362 g/mol. The van der Waals surface area contributed by atoms with Gasteiger partial charge in [0.1, 0.15) is 0 Å². The highest BCUT2D eigenvalue weighted by atomic mass is 32.1. The van der Waals surface area contributed by atoms with Crippen LogP contribution in [0.2, 0.25) is 0 Å². The molecule has 1 amide bonds. The number of rotatable bonds is 6. The molecule has 134 valence electrons. The fraction of sp³-hybridized carbons (Fsp3) is 0.471. The molecule has 0 bridgehead atoms. The van der Waals surface area contributed by atoms with Crippen molar-refractivity contribution in [2.24, 2.45) is 0 Å². The zero-order valence-electron chi connectivity index (χ0n) is 14.2. The predicted octanol–water partition coefficient (Wildman–Crippen LogP) is 1.23. The zero-order valence-corrected chi connectivity index (χ0v) is 15.0. The van der Waals surface area contributed by atoms with E-state index in [0.29, 0.717) is 56.5 Å². The smallest absolute Gasteiger partial charge is 0.255 e. The Morgan fingerprint density at radius 3 is 2.92 bits per heavy atom. The molecule has 0 aliphatic carbocycles. The number of aromatic nitrogens is 2. The lowest BCUT2D eigenvalue weighted by atomic mass is 10.1. The van der Waals surface area contributed by atoms with Gasteiger partial charge < -0.3 is 15.0 Å². The van der Waals surface area contributed by atoms with Crippen LogP contribution in [-0.4, -0.2) is 42.2 Å². The number of aromatic amines is 1. The van der Waals surface area contributed by atoms with E-state index in [0.717, 1.165) is 4.88 Å². The molecule has 25 heavy (non-hydrogen) atoms. The van der Waals surface area contributed by atoms with Crippen molar-refractivity contribution < 1.29 is 9.53 Å². The molecule has 0 atom stereocenters. The van der Waals surface area contributed by atoms with Crippen LogP contribution in [0.5, 0.6) is 0 Å². The number of amides is 1. The summed E-state index contributed by atoms with van der Waals surface area (Å²) in [6.45, 7) is 5.04. The molecule has 1 fully saturated rings. The van der Waals surface area contributed by atoms with Gasteiger partial charge in [-0.05, 0) is 24.8 Å². The zero-order chi connectivity index (χ0) is 17.6. The second-order valence-corrected chi connectivity index (χ2v) is 6.94. The second kappa shape index (κ2) is 8.26. The lowest BCUT2D eigenvalue weighted by molar-refractivity contribution is -0.121. The first kappa shape index (κ1) is 17.6. The van der Waals surface area contributed by atoms with E-state index in [2.05, 4.69) is 15.3 Å². The Balaban J connectivity index is 1.58. The Kier molecular flexibility index (Phi) is 5.83. The maximum Gasteiger partial charge on any atom is 0.255 e. The summed E-state index contributed by atoms with van der Waals surface area (Å²) < 4.78 is 5.31. The van der Waals surface area contributed by atoms with Crippen LogP contribution < -0.4 is 15.8 Å². The highest BCUT2D eigenvalue weighted by Gasteiger charge is 2.16. The molecule has 3 rings (SSSR count). The Hall–Kier alpha value is -2.19. The molecule has 0 saturated carbocycles. The van der Waals surface area contributed by atoms with E-state index in [9.17, 15) is 9.59 Å². The number of ether oxygens (including phenoxy) is 1. The van der Waals surface area contributed by atoms with Crippen molar-refractivity contribution in [2.45, 2.75) is 26.3 Å². The summed E-state index contributed by atoms with van der Waals surface area (Å²) in [6, 6.07) is 3.94. The standard InChI is InChI=1S/C17H22N4O3S/c1-12-14(4-5-15(22)18-11-13-3-2-10-25-13)16(23)20-17(19-12)21-6-8-24-9-7-21/h2-3,10H,4-9,11H2,1H3,(H,18,22)(H,19,20,23). The SMILES string of the molecule is Cc1nc(N2CCOCC2)[nH]c(=O)c1CCC(=O)NCc1cccs1. The summed E-state index contributed by atoms with van der Waals surface area (Å²) in [7, 11) is 0. The van der Waals surface area contributed by atoms with Gasteiger partial charge in [0.2, 0.25) is 11.9 Å². The fourth-order valence-electron chi connectivity index (χ4n) is 2.74. The molecule has 0 radical (unpaired) electrons. The van der Waals surface area contributed by atoms with Crippen LogP contribution in [0, 0.1) is 6.92 Å². The molecule has 0 unspecified atom stereocenters. The summed E-state index contributed by atoms with van der Waals surface area (Å²) in [4.78, 5) is 34.8. The van der Waals surface area contributed by atoms with Crippen molar-refractivity contribution in [3.63, 3.8) is 0 Å². The molecule has 1 aliphatic heterocycles. The van der Waals surface area contributed by atoms with Gasteiger partial charge >= 0.3 is 0 Å². The van der Waals surface area contributed by atoms with Gasteiger partial charge in [-0.25, -0.2) is 4.98 Å². The second-order valence-electron chi connectivity index (χ2n) is 5.91. The topological polar surface area (TPSA) is 87.3 Å². The number of nitrogens with one attached hydrogen (secondary N) is 2. The summed E-state index contributed by atoms with van der Waals surface area (Å²) >= 11 is 1.61. The summed E-state index contributed by atoms with van der Waals surface area (Å²) in [5, 5.41) is 4.85. The quantitative estimate of drug-likeness (QED) is 0.807. The Bertz CT molecular complexity index is 767. The lowest BCUT2D eigenvalue weighted by Gasteiger charge is -2.27. The monoisotopic (exact) mass is 362 g/mol. The maximum atomic E-state index is 12.4. The van der Waals surface area contributed by atoms with Crippen molar-refractivity contribution in [3.05, 3.63) is 44.0 Å². The summed E-state index contributed by atoms with van der Waals surface area (Å²) in [6.07, 6.45) is 0.654. The molecular weight excluding hydrogens is 340 g/mol. The van der Waals surface area contributed by atoms with Crippen LogP contribution in [0.15, 0.2) is 22.3 Å². The van der Waals surface area contributed by atoms with E-state index in [1.165, 1.54) is 0 Å². The van der Waals surface area contributed by atoms with Crippen molar-refractivity contribution in [3.8, 4) is 0 Å². The normalized spacial score (nSPS) is 14.5. The van der Waals surface area contributed by atoms with Crippen molar-refractivity contribution in [1.82, 2.24) is 15.3 Å². The Morgan fingerprint density at radius 1 is 1.44 bits per heavy atom. The largest absolute Gasteiger partial charge is 0.378 e. The van der Waals surface area contributed by atoms with Gasteiger partial charge in [-0.2, -0.15) is 0 Å². The minimum Gasteiger partial charge on any atom is -0.378 e. The van der Waals surface area contributed by atoms with Crippen LogP contribution in [0.4, 0.5) is 5.95 Å². The molecule has 0 spiro atoms. The highest BCUT2D eigenvalue weighted by Crippen LogP contribution is 2.11. The van der Waals surface area contributed by atoms with E-state index in [1.807, 2.05) is 29.3 Å². The van der Waals surface area contributed by atoms with Gasteiger partial charge in [-0.1, -0.05) is 6.07 Å². The third-order valence-electron chi connectivity index (χ3n) is 4.16. The summed E-state index contributed by atoms with van der Waals surface area (Å²) in [5.41, 5.74) is 1.08. The van der Waals surface area contributed by atoms with Gasteiger partial charge in [0.15, 0.2) is 0 Å².